The largest absolute Gasteiger partial charge is 0.345 e. The molecule has 1 aliphatic heterocycles. The van der Waals surface area contributed by atoms with Crippen molar-refractivity contribution in [2.45, 2.75) is 13.0 Å². The fourth-order valence-corrected chi connectivity index (χ4v) is 2.20. The summed E-state index contributed by atoms with van der Waals surface area (Å²) in [4.78, 5) is 39.6. The van der Waals surface area contributed by atoms with E-state index in [2.05, 4.69) is 20.8 Å². The van der Waals surface area contributed by atoms with Gasteiger partial charge in [0.2, 0.25) is 11.8 Å². The van der Waals surface area contributed by atoms with Gasteiger partial charge in [0.1, 0.15) is 6.54 Å². The van der Waals surface area contributed by atoms with E-state index >= 15 is 0 Å². The topological polar surface area (TPSA) is 117 Å². The average molecular weight is 329 g/mol. The van der Waals surface area contributed by atoms with Gasteiger partial charge in [-0.15, -0.1) is 0 Å². The molecule has 3 rings (SSSR count). The second-order valence-corrected chi connectivity index (χ2v) is 5.18. The fourth-order valence-electron chi connectivity index (χ4n) is 2.20. The Morgan fingerprint density at radius 3 is 2.79 bits per heavy atom. The van der Waals surface area contributed by atoms with E-state index in [-0.39, 0.29) is 25.5 Å². The molecular formula is C15H15N5O4. The number of amides is 4. The third-order valence-electron chi connectivity index (χ3n) is 3.39. The van der Waals surface area contributed by atoms with Gasteiger partial charge in [0, 0.05) is 6.42 Å². The molecule has 2 aromatic rings. The first kappa shape index (κ1) is 15.7. The van der Waals surface area contributed by atoms with Crippen molar-refractivity contribution in [3.8, 4) is 0 Å². The summed E-state index contributed by atoms with van der Waals surface area (Å²) in [7, 11) is 0. The SMILES string of the molecule is O=C(CN1C(=O)CNC1=O)NCc1nc(Cc2ccccc2)no1. The van der Waals surface area contributed by atoms with Gasteiger partial charge in [-0.25, -0.2) is 4.79 Å². The summed E-state index contributed by atoms with van der Waals surface area (Å²) in [5, 5.41) is 8.73. The standard InChI is InChI=1S/C15H15N5O4/c21-12(9-20-14(22)8-17-15(20)23)16-7-13-18-11(19-24-13)6-10-4-2-1-3-5-10/h1-5H,6-9H2,(H,16,21)(H,17,23). The third kappa shape index (κ3) is 3.75. The normalized spacial score (nSPS) is 13.9. The number of nitrogens with one attached hydrogen (secondary N) is 2. The molecule has 1 aliphatic rings. The lowest BCUT2D eigenvalue weighted by molar-refractivity contribution is -0.130. The number of urea groups is 1. The van der Waals surface area contributed by atoms with Crippen LogP contribution < -0.4 is 10.6 Å². The molecule has 124 valence electrons. The highest BCUT2D eigenvalue weighted by Gasteiger charge is 2.30. The highest BCUT2D eigenvalue weighted by molar-refractivity contribution is 6.04. The molecule has 4 amide bonds. The number of benzene rings is 1. The molecule has 0 spiro atoms. The van der Waals surface area contributed by atoms with E-state index in [0.717, 1.165) is 10.5 Å². The molecule has 2 heterocycles. The highest BCUT2D eigenvalue weighted by atomic mass is 16.5. The molecular weight excluding hydrogens is 314 g/mol. The lowest BCUT2D eigenvalue weighted by Crippen LogP contribution is -2.40. The summed E-state index contributed by atoms with van der Waals surface area (Å²) in [5.41, 5.74) is 1.05. The molecule has 1 aromatic heterocycles. The van der Waals surface area contributed by atoms with Crippen molar-refractivity contribution in [1.29, 1.82) is 0 Å². The van der Waals surface area contributed by atoms with Gasteiger partial charge in [-0.1, -0.05) is 35.5 Å². The van der Waals surface area contributed by atoms with Crippen molar-refractivity contribution in [1.82, 2.24) is 25.7 Å². The summed E-state index contributed by atoms with van der Waals surface area (Å²) in [6.07, 6.45) is 0.529. The number of imide groups is 1. The van der Waals surface area contributed by atoms with Gasteiger partial charge in [0.15, 0.2) is 5.82 Å². The second kappa shape index (κ2) is 6.90. The number of nitrogens with zero attached hydrogens (tertiary/aromatic N) is 3. The van der Waals surface area contributed by atoms with Gasteiger partial charge in [0.25, 0.3) is 5.91 Å². The molecule has 2 N–H and O–H groups in total. The molecule has 1 fully saturated rings. The first-order valence-corrected chi connectivity index (χ1v) is 7.32. The van der Waals surface area contributed by atoms with Crippen LogP contribution in [0.4, 0.5) is 4.79 Å². The predicted molar refractivity (Wildman–Crippen MR) is 80.5 cm³/mol. The first-order chi connectivity index (χ1) is 11.6. The van der Waals surface area contributed by atoms with E-state index in [1.807, 2.05) is 30.3 Å². The first-order valence-electron chi connectivity index (χ1n) is 7.32. The van der Waals surface area contributed by atoms with Crippen LogP contribution in [0, 0.1) is 0 Å². The smallest absolute Gasteiger partial charge is 0.325 e. The van der Waals surface area contributed by atoms with Gasteiger partial charge in [-0.3, -0.25) is 14.5 Å². The van der Waals surface area contributed by atoms with Gasteiger partial charge in [-0.2, -0.15) is 4.98 Å². The van der Waals surface area contributed by atoms with Crippen molar-refractivity contribution in [2.24, 2.45) is 0 Å². The van der Waals surface area contributed by atoms with Crippen molar-refractivity contribution >= 4 is 17.8 Å². The van der Waals surface area contributed by atoms with Crippen molar-refractivity contribution in [3.05, 3.63) is 47.6 Å². The Morgan fingerprint density at radius 2 is 2.08 bits per heavy atom. The summed E-state index contributed by atoms with van der Waals surface area (Å²) in [6.45, 7) is -0.390. The van der Waals surface area contributed by atoms with Crippen molar-refractivity contribution in [2.75, 3.05) is 13.1 Å². The van der Waals surface area contributed by atoms with Gasteiger partial charge < -0.3 is 15.2 Å². The molecule has 0 atom stereocenters. The average Bonchev–Trinajstić information content (AvgIpc) is 3.15. The molecule has 0 unspecified atom stereocenters. The van der Waals surface area contributed by atoms with Crippen LogP contribution in [0.2, 0.25) is 0 Å². The maximum atomic E-state index is 11.8. The molecule has 0 radical (unpaired) electrons. The maximum absolute atomic E-state index is 11.8. The number of rotatable bonds is 6. The van der Waals surface area contributed by atoms with Gasteiger partial charge >= 0.3 is 6.03 Å². The van der Waals surface area contributed by atoms with E-state index in [0.29, 0.717) is 12.2 Å². The zero-order valence-corrected chi connectivity index (χ0v) is 12.7. The Bertz CT molecular complexity index is 742. The van der Waals surface area contributed by atoms with Crippen LogP contribution in [0.3, 0.4) is 0 Å². The number of hydrogen-bond donors (Lipinski definition) is 2. The molecule has 1 aromatic carbocycles. The van der Waals surface area contributed by atoms with E-state index in [9.17, 15) is 14.4 Å². The van der Waals surface area contributed by atoms with E-state index < -0.39 is 17.8 Å². The zero-order chi connectivity index (χ0) is 16.9. The van der Waals surface area contributed by atoms with Crippen LogP contribution in [0.5, 0.6) is 0 Å². The Balaban J connectivity index is 1.49. The van der Waals surface area contributed by atoms with Gasteiger partial charge in [0.05, 0.1) is 13.1 Å². The Hall–Kier alpha value is -3.23. The second-order valence-electron chi connectivity index (χ2n) is 5.18. The number of aromatic nitrogens is 2. The van der Waals surface area contributed by atoms with Crippen molar-refractivity contribution < 1.29 is 18.9 Å². The predicted octanol–water partition coefficient (Wildman–Crippen LogP) is -0.172. The van der Waals surface area contributed by atoms with Crippen LogP contribution in [0.25, 0.3) is 0 Å². The summed E-state index contributed by atoms with van der Waals surface area (Å²) < 4.78 is 5.06. The minimum absolute atomic E-state index is 0.0320. The number of carbonyl (C=O) groups excluding carboxylic acids is 3. The molecule has 0 aliphatic carbocycles. The maximum Gasteiger partial charge on any atom is 0.325 e. The Morgan fingerprint density at radius 1 is 1.29 bits per heavy atom. The molecule has 0 saturated carbocycles. The summed E-state index contributed by atoms with van der Waals surface area (Å²) in [5.74, 6) is -0.146. The minimum Gasteiger partial charge on any atom is -0.345 e. The highest BCUT2D eigenvalue weighted by Crippen LogP contribution is 2.06. The van der Waals surface area contributed by atoms with Crippen molar-refractivity contribution in [3.63, 3.8) is 0 Å². The number of hydrogen-bond acceptors (Lipinski definition) is 6. The molecule has 9 heteroatoms. The summed E-state index contributed by atoms with van der Waals surface area (Å²) in [6, 6.07) is 9.11. The van der Waals surface area contributed by atoms with Crippen LogP contribution in [0.15, 0.2) is 34.9 Å². The molecule has 9 nitrogen and oxygen atoms in total. The van der Waals surface area contributed by atoms with Crippen LogP contribution in [-0.4, -0.2) is 46.0 Å². The molecule has 0 bridgehead atoms. The minimum atomic E-state index is -0.571. The third-order valence-corrected chi connectivity index (χ3v) is 3.39. The molecule has 1 saturated heterocycles. The lowest BCUT2D eigenvalue weighted by Gasteiger charge is -2.11. The lowest BCUT2D eigenvalue weighted by atomic mass is 10.1. The monoisotopic (exact) mass is 329 g/mol. The number of carbonyl (C=O) groups is 3. The van der Waals surface area contributed by atoms with E-state index in [4.69, 9.17) is 4.52 Å². The Kier molecular flexibility index (Phi) is 4.50. The van der Waals surface area contributed by atoms with Crippen LogP contribution >= 0.6 is 0 Å². The van der Waals surface area contributed by atoms with E-state index in [1.165, 1.54) is 0 Å². The van der Waals surface area contributed by atoms with Crippen LogP contribution in [0.1, 0.15) is 17.3 Å². The quantitative estimate of drug-likeness (QED) is 0.711. The van der Waals surface area contributed by atoms with E-state index in [1.54, 1.807) is 0 Å². The zero-order valence-electron chi connectivity index (χ0n) is 12.7. The molecule has 24 heavy (non-hydrogen) atoms. The summed E-state index contributed by atoms with van der Waals surface area (Å²) >= 11 is 0. The Labute approximate surface area is 137 Å². The van der Waals surface area contributed by atoms with Gasteiger partial charge in [-0.05, 0) is 5.56 Å². The van der Waals surface area contributed by atoms with Crippen LogP contribution in [-0.2, 0) is 22.6 Å². The fraction of sp³-hybridized carbons (Fsp3) is 0.267.